The molecule has 1 amide bonds. The van der Waals surface area contributed by atoms with Crippen LogP contribution in [0.2, 0.25) is 0 Å². The molecule has 6 nitrogen and oxygen atoms in total. The number of rotatable bonds is 5. The average molecular weight is 407 g/mol. The van der Waals surface area contributed by atoms with E-state index in [1.54, 1.807) is 29.2 Å². The van der Waals surface area contributed by atoms with E-state index in [4.69, 9.17) is 0 Å². The lowest BCUT2D eigenvalue weighted by Crippen LogP contribution is -2.30. The van der Waals surface area contributed by atoms with Crippen LogP contribution in [0.15, 0.2) is 42.6 Å². The first-order valence-corrected chi connectivity index (χ1v) is 8.99. The molecule has 1 aliphatic rings. The number of carbonyl (C=O) groups is 1. The van der Waals surface area contributed by atoms with Crippen molar-refractivity contribution in [1.82, 2.24) is 19.9 Å². The zero-order chi connectivity index (χ0) is 20.5. The maximum atomic E-state index is 14.2. The maximum absolute atomic E-state index is 14.2. The molecule has 29 heavy (non-hydrogen) atoms. The monoisotopic (exact) mass is 407 g/mol. The van der Waals surface area contributed by atoms with E-state index in [1.807, 2.05) is 0 Å². The van der Waals surface area contributed by atoms with Gasteiger partial charge in [0.15, 0.2) is 11.3 Å². The quantitative estimate of drug-likeness (QED) is 0.660. The first-order chi connectivity index (χ1) is 13.9. The number of fused-ring (bicyclic) bond motifs is 1. The molecular weight excluding hydrogens is 390 g/mol. The number of aromatic nitrogens is 3. The van der Waals surface area contributed by atoms with Crippen molar-refractivity contribution in [2.75, 3.05) is 18.0 Å². The fraction of sp³-hybridized carbons (Fsp3) is 0.316. The summed E-state index contributed by atoms with van der Waals surface area (Å²) in [6.45, 7) is -0.732. The van der Waals surface area contributed by atoms with Crippen LogP contribution in [0.3, 0.4) is 0 Å². The molecular formula is C19H17F4N5O. The Morgan fingerprint density at radius 2 is 2.10 bits per heavy atom. The molecule has 0 bridgehead atoms. The van der Waals surface area contributed by atoms with Gasteiger partial charge in [-0.3, -0.25) is 4.79 Å². The number of carbonyl (C=O) groups excluding carboxylic acids is 1. The van der Waals surface area contributed by atoms with E-state index in [-0.39, 0.29) is 18.7 Å². The Kier molecular flexibility index (Phi) is 5.08. The molecule has 0 aliphatic carbocycles. The molecule has 1 aromatic carbocycles. The van der Waals surface area contributed by atoms with Gasteiger partial charge in [-0.05, 0) is 29.8 Å². The van der Waals surface area contributed by atoms with Gasteiger partial charge >= 0.3 is 0 Å². The van der Waals surface area contributed by atoms with Gasteiger partial charge in [-0.25, -0.2) is 27.1 Å². The predicted octanol–water partition coefficient (Wildman–Crippen LogP) is 3.15. The van der Waals surface area contributed by atoms with Crippen LogP contribution in [0.4, 0.5) is 23.4 Å². The summed E-state index contributed by atoms with van der Waals surface area (Å²) in [6.07, 6.45) is -2.40. The summed E-state index contributed by atoms with van der Waals surface area (Å²) in [5, 5.41) is 6.48. The van der Waals surface area contributed by atoms with Gasteiger partial charge in [0, 0.05) is 6.42 Å². The highest BCUT2D eigenvalue weighted by Crippen LogP contribution is 2.36. The van der Waals surface area contributed by atoms with Crippen LogP contribution >= 0.6 is 0 Å². The van der Waals surface area contributed by atoms with E-state index in [9.17, 15) is 22.4 Å². The summed E-state index contributed by atoms with van der Waals surface area (Å²) in [5.41, 5.74) is 0.947. The number of hydrogen-bond acceptors (Lipinski definition) is 4. The largest absolute Gasteiger partial charge is 0.345 e. The SMILES string of the molecule is O=C(NCC(F)F)c1cnc2ccc(N3C[C@@H](F)CC3c3cccc(F)c3)nn12. The minimum Gasteiger partial charge on any atom is -0.345 e. The zero-order valence-electron chi connectivity index (χ0n) is 15.1. The molecule has 4 rings (SSSR count). The number of nitrogens with one attached hydrogen (secondary N) is 1. The lowest BCUT2D eigenvalue weighted by Gasteiger charge is -2.25. The molecule has 152 valence electrons. The van der Waals surface area contributed by atoms with Crippen molar-refractivity contribution in [2.24, 2.45) is 0 Å². The van der Waals surface area contributed by atoms with Crippen LogP contribution in [0.1, 0.15) is 28.5 Å². The summed E-state index contributed by atoms with van der Waals surface area (Å²) in [7, 11) is 0. The molecule has 1 N–H and O–H groups in total. The minimum absolute atomic E-state index is 0.0131. The van der Waals surface area contributed by atoms with E-state index < -0.39 is 36.9 Å². The molecule has 3 aromatic rings. The van der Waals surface area contributed by atoms with Gasteiger partial charge in [-0.2, -0.15) is 0 Å². The highest BCUT2D eigenvalue weighted by molar-refractivity contribution is 5.93. The molecule has 1 saturated heterocycles. The Hall–Kier alpha value is -3.17. The number of benzene rings is 1. The number of alkyl halides is 3. The van der Waals surface area contributed by atoms with Gasteiger partial charge < -0.3 is 10.2 Å². The Morgan fingerprint density at radius 1 is 1.28 bits per heavy atom. The Labute approximate surface area is 163 Å². The second-order valence-electron chi connectivity index (χ2n) is 6.76. The van der Waals surface area contributed by atoms with Crippen LogP contribution in [-0.4, -0.2) is 46.2 Å². The zero-order valence-corrected chi connectivity index (χ0v) is 15.1. The number of nitrogens with zero attached hydrogens (tertiary/aromatic N) is 4. The van der Waals surface area contributed by atoms with E-state index >= 15 is 0 Å². The van der Waals surface area contributed by atoms with Gasteiger partial charge in [0.05, 0.1) is 25.3 Å². The summed E-state index contributed by atoms with van der Waals surface area (Å²) in [5.74, 6) is -0.789. The Bertz CT molecular complexity index is 1040. The van der Waals surface area contributed by atoms with E-state index in [2.05, 4.69) is 15.4 Å². The molecule has 1 fully saturated rings. The summed E-state index contributed by atoms with van der Waals surface area (Å²) >= 11 is 0. The van der Waals surface area contributed by atoms with Crippen LogP contribution < -0.4 is 10.2 Å². The van der Waals surface area contributed by atoms with Crippen LogP contribution in [0, 0.1) is 5.82 Å². The van der Waals surface area contributed by atoms with E-state index in [1.165, 1.54) is 22.8 Å². The number of hydrogen-bond donors (Lipinski definition) is 1. The normalized spacial score (nSPS) is 19.3. The van der Waals surface area contributed by atoms with Gasteiger partial charge in [0.1, 0.15) is 17.8 Å². The lowest BCUT2D eigenvalue weighted by atomic mass is 10.0. The Morgan fingerprint density at radius 3 is 2.86 bits per heavy atom. The number of anilines is 1. The highest BCUT2D eigenvalue weighted by Gasteiger charge is 2.34. The fourth-order valence-corrected chi connectivity index (χ4v) is 3.50. The highest BCUT2D eigenvalue weighted by atomic mass is 19.3. The molecule has 1 aliphatic heterocycles. The van der Waals surface area contributed by atoms with Gasteiger partial charge in [-0.15, -0.1) is 5.10 Å². The first-order valence-electron chi connectivity index (χ1n) is 8.99. The smallest absolute Gasteiger partial charge is 0.271 e. The van der Waals surface area contributed by atoms with E-state index in [0.717, 1.165) is 0 Å². The van der Waals surface area contributed by atoms with Crippen LogP contribution in [-0.2, 0) is 0 Å². The number of imidazole rings is 1. The molecule has 1 unspecified atom stereocenters. The minimum atomic E-state index is -2.68. The first kappa shape index (κ1) is 19.2. The van der Waals surface area contributed by atoms with Crippen molar-refractivity contribution in [3.8, 4) is 0 Å². The number of amides is 1. The summed E-state index contributed by atoms with van der Waals surface area (Å²) < 4.78 is 53.8. The number of halogens is 4. The van der Waals surface area contributed by atoms with Gasteiger partial charge in [-0.1, -0.05) is 12.1 Å². The predicted molar refractivity (Wildman–Crippen MR) is 97.3 cm³/mol. The summed E-state index contributed by atoms with van der Waals surface area (Å²) in [6, 6.07) is 8.76. The average Bonchev–Trinajstić information content (AvgIpc) is 3.29. The standard InChI is InChI=1S/C19H17F4N5O/c20-12-3-1-2-11(6-12)14-7-13(21)10-27(14)18-5-4-17-24-8-15(28(17)26-18)19(29)25-9-16(22)23/h1-6,8,13-14,16H,7,9-10H2,(H,25,29)/t13-,14?/m0/s1. The van der Waals surface area contributed by atoms with Gasteiger partial charge in [0.25, 0.3) is 12.3 Å². The molecule has 10 heteroatoms. The summed E-state index contributed by atoms with van der Waals surface area (Å²) in [4.78, 5) is 17.9. The van der Waals surface area contributed by atoms with Crippen molar-refractivity contribution >= 4 is 17.4 Å². The molecule has 0 spiro atoms. The second kappa shape index (κ2) is 7.69. The molecule has 3 heterocycles. The third-order valence-electron chi connectivity index (χ3n) is 4.78. The molecule has 0 saturated carbocycles. The Balaban J connectivity index is 1.67. The van der Waals surface area contributed by atoms with E-state index in [0.29, 0.717) is 17.0 Å². The van der Waals surface area contributed by atoms with Crippen molar-refractivity contribution in [2.45, 2.75) is 25.1 Å². The fourth-order valence-electron chi connectivity index (χ4n) is 3.50. The van der Waals surface area contributed by atoms with Crippen LogP contribution in [0.25, 0.3) is 5.65 Å². The third kappa shape index (κ3) is 3.87. The lowest BCUT2D eigenvalue weighted by molar-refractivity contribution is 0.0885. The van der Waals surface area contributed by atoms with Gasteiger partial charge in [0.2, 0.25) is 0 Å². The van der Waals surface area contributed by atoms with Crippen molar-refractivity contribution in [1.29, 1.82) is 0 Å². The topological polar surface area (TPSA) is 62.5 Å². The van der Waals surface area contributed by atoms with Crippen LogP contribution in [0.5, 0.6) is 0 Å². The van der Waals surface area contributed by atoms with Crippen molar-refractivity contribution in [3.05, 3.63) is 59.7 Å². The third-order valence-corrected chi connectivity index (χ3v) is 4.78. The van der Waals surface area contributed by atoms with Crippen molar-refractivity contribution in [3.63, 3.8) is 0 Å². The van der Waals surface area contributed by atoms with Crippen molar-refractivity contribution < 1.29 is 22.4 Å². The maximum Gasteiger partial charge on any atom is 0.271 e. The second-order valence-corrected chi connectivity index (χ2v) is 6.76. The molecule has 0 radical (unpaired) electrons. The molecule has 2 aromatic heterocycles. The molecule has 2 atom stereocenters.